The largest absolute Gasteiger partial charge is 0.383 e. The normalized spacial score (nSPS) is 13.1. The van der Waals surface area contributed by atoms with Gasteiger partial charge in [0.05, 0.1) is 12.1 Å². The van der Waals surface area contributed by atoms with Gasteiger partial charge in [0.25, 0.3) is 0 Å². The average molecular weight is 337 g/mol. The van der Waals surface area contributed by atoms with Crippen LogP contribution in [0, 0.1) is 5.92 Å². The summed E-state index contributed by atoms with van der Waals surface area (Å²) in [6.07, 6.45) is 1.84. The SMILES string of the molecule is COCC(NCc1ccc(Br)c2cccnc12)C(C)C. The highest BCUT2D eigenvalue weighted by atomic mass is 79.9. The first-order valence-electron chi connectivity index (χ1n) is 6.88. The number of rotatable bonds is 6. The van der Waals surface area contributed by atoms with E-state index in [2.05, 4.69) is 58.3 Å². The number of hydrogen-bond donors (Lipinski definition) is 1. The predicted octanol–water partition coefficient (Wildman–Crippen LogP) is 3.76. The van der Waals surface area contributed by atoms with Crippen LogP contribution >= 0.6 is 15.9 Å². The van der Waals surface area contributed by atoms with E-state index >= 15 is 0 Å². The lowest BCUT2D eigenvalue weighted by Crippen LogP contribution is -2.37. The van der Waals surface area contributed by atoms with Crippen LogP contribution in [-0.4, -0.2) is 24.7 Å². The quantitative estimate of drug-likeness (QED) is 0.872. The van der Waals surface area contributed by atoms with Crippen molar-refractivity contribution in [2.45, 2.75) is 26.4 Å². The monoisotopic (exact) mass is 336 g/mol. The van der Waals surface area contributed by atoms with Crippen LogP contribution in [-0.2, 0) is 11.3 Å². The van der Waals surface area contributed by atoms with Crippen molar-refractivity contribution in [3.05, 3.63) is 40.5 Å². The number of nitrogens with zero attached hydrogens (tertiary/aromatic N) is 1. The Hall–Kier alpha value is -0.970. The maximum atomic E-state index is 5.27. The summed E-state index contributed by atoms with van der Waals surface area (Å²) in [6.45, 7) is 5.93. The molecule has 1 unspecified atom stereocenters. The van der Waals surface area contributed by atoms with Gasteiger partial charge >= 0.3 is 0 Å². The number of pyridine rings is 1. The molecule has 1 aromatic carbocycles. The molecule has 2 aromatic rings. The summed E-state index contributed by atoms with van der Waals surface area (Å²) in [5, 5.41) is 4.72. The zero-order chi connectivity index (χ0) is 14.5. The number of ether oxygens (including phenoxy) is 1. The molecule has 3 nitrogen and oxygen atoms in total. The minimum absolute atomic E-state index is 0.349. The number of aromatic nitrogens is 1. The molecule has 1 atom stereocenters. The fourth-order valence-corrected chi connectivity index (χ4v) is 2.70. The average Bonchev–Trinajstić information content (AvgIpc) is 2.45. The molecule has 0 saturated carbocycles. The van der Waals surface area contributed by atoms with Crippen LogP contribution < -0.4 is 5.32 Å². The highest BCUT2D eigenvalue weighted by Gasteiger charge is 2.13. The Labute approximate surface area is 128 Å². The summed E-state index contributed by atoms with van der Waals surface area (Å²) < 4.78 is 6.36. The molecule has 2 rings (SSSR count). The highest BCUT2D eigenvalue weighted by molar-refractivity contribution is 9.10. The van der Waals surface area contributed by atoms with Crippen LogP contribution in [0.5, 0.6) is 0 Å². The van der Waals surface area contributed by atoms with E-state index in [4.69, 9.17) is 4.74 Å². The molecule has 1 heterocycles. The standard InChI is InChI=1S/C16H21BrN2O/c1-11(2)15(10-20-3)19-9-12-6-7-14(17)13-5-4-8-18-16(12)13/h4-8,11,15,19H,9-10H2,1-3H3. The van der Waals surface area contributed by atoms with Crippen molar-refractivity contribution in [2.24, 2.45) is 5.92 Å². The minimum atomic E-state index is 0.349. The van der Waals surface area contributed by atoms with E-state index in [1.54, 1.807) is 7.11 Å². The molecular weight excluding hydrogens is 316 g/mol. The number of halogens is 1. The number of benzene rings is 1. The van der Waals surface area contributed by atoms with Crippen molar-refractivity contribution >= 4 is 26.8 Å². The van der Waals surface area contributed by atoms with Gasteiger partial charge < -0.3 is 10.1 Å². The summed E-state index contributed by atoms with van der Waals surface area (Å²) in [7, 11) is 1.74. The smallest absolute Gasteiger partial charge is 0.0758 e. The van der Waals surface area contributed by atoms with E-state index in [0.717, 1.165) is 28.5 Å². The Morgan fingerprint density at radius 3 is 2.80 bits per heavy atom. The number of hydrogen-bond acceptors (Lipinski definition) is 3. The Morgan fingerprint density at radius 2 is 2.10 bits per heavy atom. The van der Waals surface area contributed by atoms with Gasteiger partial charge in [0.15, 0.2) is 0 Å². The summed E-state index contributed by atoms with van der Waals surface area (Å²) >= 11 is 3.58. The van der Waals surface area contributed by atoms with Crippen molar-refractivity contribution in [1.29, 1.82) is 0 Å². The second-order valence-electron chi connectivity index (χ2n) is 5.29. The highest BCUT2D eigenvalue weighted by Crippen LogP contribution is 2.25. The Kier molecular flexibility index (Phi) is 5.52. The molecule has 0 amide bonds. The molecule has 0 aliphatic carbocycles. The van der Waals surface area contributed by atoms with E-state index < -0.39 is 0 Å². The molecular formula is C16H21BrN2O. The number of methoxy groups -OCH3 is 1. The molecule has 0 fully saturated rings. The molecule has 108 valence electrons. The molecule has 4 heteroatoms. The van der Waals surface area contributed by atoms with Gasteiger partial charge in [-0.15, -0.1) is 0 Å². The fourth-order valence-electron chi connectivity index (χ4n) is 2.25. The maximum absolute atomic E-state index is 5.27. The van der Waals surface area contributed by atoms with E-state index in [-0.39, 0.29) is 0 Å². The molecule has 0 aliphatic rings. The van der Waals surface area contributed by atoms with Gasteiger partial charge in [-0.05, 0) is 23.6 Å². The first kappa shape index (κ1) is 15.4. The summed E-state index contributed by atoms with van der Waals surface area (Å²) in [6, 6.07) is 8.61. The lowest BCUT2D eigenvalue weighted by molar-refractivity contribution is 0.146. The van der Waals surface area contributed by atoms with Gasteiger partial charge in [0.2, 0.25) is 0 Å². The molecule has 0 aliphatic heterocycles. The van der Waals surface area contributed by atoms with Crippen LogP contribution in [0.3, 0.4) is 0 Å². The lowest BCUT2D eigenvalue weighted by Gasteiger charge is -2.22. The van der Waals surface area contributed by atoms with E-state index in [0.29, 0.717) is 12.0 Å². The third-order valence-corrected chi connectivity index (χ3v) is 4.20. The van der Waals surface area contributed by atoms with E-state index in [9.17, 15) is 0 Å². The van der Waals surface area contributed by atoms with Gasteiger partial charge in [-0.25, -0.2) is 0 Å². The van der Waals surface area contributed by atoms with Gasteiger partial charge in [-0.2, -0.15) is 0 Å². The Balaban J connectivity index is 2.19. The first-order chi connectivity index (χ1) is 9.63. The fraction of sp³-hybridized carbons (Fsp3) is 0.438. The van der Waals surface area contributed by atoms with Crippen molar-refractivity contribution in [1.82, 2.24) is 10.3 Å². The number of nitrogens with one attached hydrogen (secondary N) is 1. The third-order valence-electron chi connectivity index (χ3n) is 3.51. The topological polar surface area (TPSA) is 34.1 Å². The van der Waals surface area contributed by atoms with Gasteiger partial charge in [0.1, 0.15) is 0 Å². The molecule has 1 aromatic heterocycles. The molecule has 1 N–H and O–H groups in total. The van der Waals surface area contributed by atoms with Crippen LogP contribution in [0.1, 0.15) is 19.4 Å². The van der Waals surface area contributed by atoms with Crippen LogP contribution in [0.15, 0.2) is 34.9 Å². The van der Waals surface area contributed by atoms with Crippen molar-refractivity contribution in [2.75, 3.05) is 13.7 Å². The van der Waals surface area contributed by atoms with Crippen molar-refractivity contribution in [3.63, 3.8) is 0 Å². The number of fused-ring (bicyclic) bond motifs is 1. The van der Waals surface area contributed by atoms with E-state index in [1.165, 1.54) is 5.56 Å². The molecule has 0 saturated heterocycles. The van der Waals surface area contributed by atoms with E-state index in [1.807, 2.05) is 12.3 Å². The second kappa shape index (κ2) is 7.16. The minimum Gasteiger partial charge on any atom is -0.383 e. The van der Waals surface area contributed by atoms with Gasteiger partial charge in [-0.1, -0.05) is 41.9 Å². The zero-order valence-electron chi connectivity index (χ0n) is 12.2. The van der Waals surface area contributed by atoms with Crippen LogP contribution in [0.4, 0.5) is 0 Å². The molecule has 0 radical (unpaired) electrons. The Bertz CT molecular complexity index is 571. The Morgan fingerprint density at radius 1 is 1.30 bits per heavy atom. The molecule has 0 spiro atoms. The van der Waals surface area contributed by atoms with Crippen molar-refractivity contribution < 1.29 is 4.74 Å². The predicted molar refractivity (Wildman–Crippen MR) is 86.8 cm³/mol. The lowest BCUT2D eigenvalue weighted by atomic mass is 10.0. The second-order valence-corrected chi connectivity index (χ2v) is 6.15. The molecule has 0 bridgehead atoms. The van der Waals surface area contributed by atoms with Crippen LogP contribution in [0.25, 0.3) is 10.9 Å². The van der Waals surface area contributed by atoms with Gasteiger partial charge in [0, 0.05) is 35.8 Å². The van der Waals surface area contributed by atoms with Crippen molar-refractivity contribution in [3.8, 4) is 0 Å². The van der Waals surface area contributed by atoms with Crippen LogP contribution in [0.2, 0.25) is 0 Å². The first-order valence-corrected chi connectivity index (χ1v) is 7.67. The maximum Gasteiger partial charge on any atom is 0.0758 e. The summed E-state index contributed by atoms with van der Waals surface area (Å²) in [5.41, 5.74) is 2.26. The third kappa shape index (κ3) is 3.57. The summed E-state index contributed by atoms with van der Waals surface area (Å²) in [5.74, 6) is 0.532. The summed E-state index contributed by atoms with van der Waals surface area (Å²) in [4.78, 5) is 4.51. The molecule has 20 heavy (non-hydrogen) atoms. The zero-order valence-corrected chi connectivity index (χ0v) is 13.8. The van der Waals surface area contributed by atoms with Gasteiger partial charge in [-0.3, -0.25) is 4.98 Å².